The number of hydrogen-bond acceptors (Lipinski definition) is 9. The van der Waals surface area contributed by atoms with E-state index < -0.39 is 16.1 Å². The molecule has 2 aliphatic rings. The maximum absolute atomic E-state index is 12.8. The molecule has 11 nitrogen and oxygen atoms in total. The molecular formula is C20H21N7O4S. The highest BCUT2D eigenvalue weighted by Crippen LogP contribution is 2.31. The minimum atomic E-state index is -3.74. The monoisotopic (exact) mass is 455 g/mol. The predicted molar refractivity (Wildman–Crippen MR) is 115 cm³/mol. The van der Waals surface area contributed by atoms with Crippen molar-refractivity contribution < 1.29 is 17.9 Å². The molecular weight excluding hydrogens is 434 g/mol. The van der Waals surface area contributed by atoms with E-state index in [1.54, 1.807) is 29.4 Å². The number of carbonyl (C=O) groups is 1. The van der Waals surface area contributed by atoms with E-state index in [0.29, 0.717) is 54.3 Å². The normalized spacial score (nSPS) is 19.2. The fourth-order valence-corrected chi connectivity index (χ4v) is 5.34. The van der Waals surface area contributed by atoms with E-state index in [9.17, 15) is 13.2 Å². The molecule has 0 aliphatic carbocycles. The van der Waals surface area contributed by atoms with Gasteiger partial charge in [-0.3, -0.25) is 0 Å². The highest BCUT2D eigenvalue weighted by atomic mass is 32.2. The molecule has 32 heavy (non-hydrogen) atoms. The van der Waals surface area contributed by atoms with E-state index in [4.69, 9.17) is 10.5 Å². The van der Waals surface area contributed by atoms with Crippen molar-refractivity contribution in [2.24, 2.45) is 4.40 Å². The van der Waals surface area contributed by atoms with Crippen molar-refractivity contribution in [3.05, 3.63) is 42.5 Å². The summed E-state index contributed by atoms with van der Waals surface area (Å²) < 4.78 is 36.0. The van der Waals surface area contributed by atoms with Crippen molar-refractivity contribution in [2.75, 3.05) is 18.9 Å². The van der Waals surface area contributed by atoms with Crippen molar-refractivity contribution in [3.8, 4) is 0 Å². The van der Waals surface area contributed by atoms with Crippen LogP contribution in [0.5, 0.6) is 0 Å². The summed E-state index contributed by atoms with van der Waals surface area (Å²) in [5.41, 5.74) is 7.50. The zero-order valence-corrected chi connectivity index (χ0v) is 17.9. The number of nitrogen functional groups attached to an aromatic ring is 1. The number of ether oxygens (including phenoxy) is 1. The zero-order chi connectivity index (χ0) is 22.3. The van der Waals surface area contributed by atoms with Crippen molar-refractivity contribution >= 4 is 38.8 Å². The van der Waals surface area contributed by atoms with Crippen LogP contribution >= 0.6 is 0 Å². The lowest BCUT2D eigenvalue weighted by Crippen LogP contribution is -2.41. The number of sulfonamides is 1. The van der Waals surface area contributed by atoms with Gasteiger partial charge in [-0.1, -0.05) is 12.1 Å². The van der Waals surface area contributed by atoms with Gasteiger partial charge in [0.15, 0.2) is 17.3 Å². The van der Waals surface area contributed by atoms with Crippen molar-refractivity contribution in [2.45, 2.75) is 36.7 Å². The average Bonchev–Trinajstić information content (AvgIpc) is 3.48. The molecule has 0 saturated carbocycles. The first-order valence-corrected chi connectivity index (χ1v) is 11.7. The molecule has 1 aromatic carbocycles. The SMILES string of the molecule is Nc1ncnc2c1ncn2CCCOC(=O)[C@@H]1CCCN1C1=NS(=O)(=O)c2ccccc21. The lowest BCUT2D eigenvalue weighted by Gasteiger charge is -2.25. The number of hydrogen-bond donors (Lipinski definition) is 1. The second-order valence-electron chi connectivity index (χ2n) is 7.63. The number of carbonyl (C=O) groups excluding carboxylic acids is 1. The molecule has 0 amide bonds. The molecule has 1 saturated heterocycles. The van der Waals surface area contributed by atoms with Gasteiger partial charge >= 0.3 is 5.97 Å². The van der Waals surface area contributed by atoms with Crippen LogP contribution in [0.15, 0.2) is 46.2 Å². The topological polar surface area (TPSA) is 146 Å². The van der Waals surface area contributed by atoms with Gasteiger partial charge in [0, 0.05) is 18.7 Å². The number of fused-ring (bicyclic) bond motifs is 2. The third-order valence-corrected chi connectivity index (χ3v) is 6.95. The number of imidazole rings is 1. The largest absolute Gasteiger partial charge is 0.464 e. The molecule has 0 bridgehead atoms. The second kappa shape index (κ2) is 7.86. The Bertz CT molecular complexity index is 1330. The molecule has 2 aliphatic heterocycles. The van der Waals surface area contributed by atoms with Gasteiger partial charge in [0.05, 0.1) is 12.9 Å². The number of likely N-dealkylation sites (tertiary alicyclic amines) is 1. The molecule has 5 rings (SSSR count). The first-order valence-electron chi connectivity index (χ1n) is 10.2. The Morgan fingerprint density at radius 3 is 2.94 bits per heavy atom. The summed E-state index contributed by atoms with van der Waals surface area (Å²) in [5, 5.41) is 0. The van der Waals surface area contributed by atoms with E-state index in [1.807, 2.05) is 4.57 Å². The Kier molecular flexibility index (Phi) is 5.00. The summed E-state index contributed by atoms with van der Waals surface area (Å²) in [6.07, 6.45) is 4.92. The summed E-state index contributed by atoms with van der Waals surface area (Å²) in [5.74, 6) is 0.260. The van der Waals surface area contributed by atoms with E-state index in [0.717, 1.165) is 6.42 Å². The third kappa shape index (κ3) is 3.45. The van der Waals surface area contributed by atoms with Gasteiger partial charge in [-0.05, 0) is 31.4 Å². The number of anilines is 1. The van der Waals surface area contributed by atoms with Crippen molar-refractivity contribution in [3.63, 3.8) is 0 Å². The fourth-order valence-electron chi connectivity index (χ4n) is 4.13. The van der Waals surface area contributed by atoms with Crippen LogP contribution in [0.1, 0.15) is 24.8 Å². The Hall–Kier alpha value is -3.54. The van der Waals surface area contributed by atoms with Gasteiger partial charge in [0.1, 0.15) is 22.8 Å². The van der Waals surface area contributed by atoms with Crippen LogP contribution < -0.4 is 5.73 Å². The van der Waals surface area contributed by atoms with Crippen LogP contribution in [0.4, 0.5) is 5.82 Å². The summed E-state index contributed by atoms with van der Waals surface area (Å²) in [7, 11) is -3.74. The highest BCUT2D eigenvalue weighted by molar-refractivity contribution is 7.90. The highest BCUT2D eigenvalue weighted by Gasteiger charge is 2.39. The number of amidine groups is 1. The Morgan fingerprint density at radius 1 is 1.22 bits per heavy atom. The average molecular weight is 456 g/mol. The molecule has 0 unspecified atom stereocenters. The molecule has 12 heteroatoms. The minimum Gasteiger partial charge on any atom is -0.464 e. The summed E-state index contributed by atoms with van der Waals surface area (Å²) in [6, 6.07) is 6.11. The summed E-state index contributed by atoms with van der Waals surface area (Å²) in [6.45, 7) is 1.31. The molecule has 166 valence electrons. The molecule has 0 radical (unpaired) electrons. The van der Waals surface area contributed by atoms with Gasteiger partial charge in [-0.15, -0.1) is 4.40 Å². The van der Waals surface area contributed by atoms with E-state index in [2.05, 4.69) is 19.3 Å². The Morgan fingerprint density at radius 2 is 2.06 bits per heavy atom. The maximum atomic E-state index is 12.8. The lowest BCUT2D eigenvalue weighted by molar-refractivity contribution is -0.147. The molecule has 4 heterocycles. The molecule has 1 atom stereocenters. The first-order chi connectivity index (χ1) is 15.5. The molecule has 2 N–H and O–H groups in total. The maximum Gasteiger partial charge on any atom is 0.328 e. The Balaban J connectivity index is 1.23. The van der Waals surface area contributed by atoms with Crippen LogP contribution in [-0.4, -0.2) is 63.8 Å². The standard InChI is InChI=1S/C20H21N7O4S/c21-17-16-19(23-11-22-17)26(12-24-16)8-4-10-31-20(28)14-6-3-9-27(14)18-13-5-1-2-7-15(13)32(29,30)25-18/h1-2,5,7,11-12,14H,3-4,6,8-10H2,(H2,21,22,23)/t14-/m0/s1. The first kappa shape index (κ1) is 20.4. The van der Waals surface area contributed by atoms with Crippen molar-refractivity contribution in [1.29, 1.82) is 0 Å². The van der Waals surface area contributed by atoms with Crippen LogP contribution in [0.25, 0.3) is 11.2 Å². The molecule has 2 aromatic heterocycles. The lowest BCUT2D eigenvalue weighted by atomic mass is 10.1. The van der Waals surface area contributed by atoms with Crippen LogP contribution in [-0.2, 0) is 26.1 Å². The van der Waals surface area contributed by atoms with Crippen LogP contribution in [0.2, 0.25) is 0 Å². The summed E-state index contributed by atoms with van der Waals surface area (Å²) >= 11 is 0. The van der Waals surface area contributed by atoms with Crippen molar-refractivity contribution in [1.82, 2.24) is 24.4 Å². The van der Waals surface area contributed by atoms with Gasteiger partial charge in [-0.2, -0.15) is 8.42 Å². The number of nitrogens with two attached hydrogens (primary N) is 1. The number of aryl methyl sites for hydroxylation is 1. The van der Waals surface area contributed by atoms with Gasteiger partial charge in [-0.25, -0.2) is 19.7 Å². The zero-order valence-electron chi connectivity index (χ0n) is 17.1. The van der Waals surface area contributed by atoms with Crippen LogP contribution in [0, 0.1) is 0 Å². The second-order valence-corrected chi connectivity index (χ2v) is 9.20. The Labute approximate surface area is 184 Å². The number of nitrogens with zero attached hydrogens (tertiary/aromatic N) is 6. The minimum absolute atomic E-state index is 0.172. The van der Waals surface area contributed by atoms with Gasteiger partial charge in [0.2, 0.25) is 0 Å². The van der Waals surface area contributed by atoms with Crippen LogP contribution in [0.3, 0.4) is 0 Å². The quantitative estimate of drug-likeness (QED) is 0.439. The van der Waals surface area contributed by atoms with Gasteiger partial charge < -0.3 is 19.9 Å². The molecule has 0 spiro atoms. The molecule has 3 aromatic rings. The fraction of sp³-hybridized carbons (Fsp3) is 0.350. The molecule has 1 fully saturated rings. The third-order valence-electron chi connectivity index (χ3n) is 5.63. The smallest absolute Gasteiger partial charge is 0.328 e. The predicted octanol–water partition coefficient (Wildman–Crippen LogP) is 0.955. The van der Waals surface area contributed by atoms with E-state index in [1.165, 1.54) is 12.4 Å². The van der Waals surface area contributed by atoms with E-state index >= 15 is 0 Å². The number of rotatable bonds is 5. The number of aromatic nitrogens is 4. The summed E-state index contributed by atoms with van der Waals surface area (Å²) in [4.78, 5) is 27.0. The number of benzene rings is 1. The van der Waals surface area contributed by atoms with Gasteiger partial charge in [0.25, 0.3) is 10.0 Å². The number of esters is 1. The van der Waals surface area contributed by atoms with E-state index in [-0.39, 0.29) is 17.5 Å².